The van der Waals surface area contributed by atoms with E-state index in [0.29, 0.717) is 37.2 Å². The van der Waals surface area contributed by atoms with Gasteiger partial charge in [-0.3, -0.25) is 4.40 Å². The summed E-state index contributed by atoms with van der Waals surface area (Å²) in [5.41, 5.74) is 6.17. The van der Waals surface area contributed by atoms with E-state index >= 15 is 0 Å². The van der Waals surface area contributed by atoms with E-state index in [-0.39, 0.29) is 5.82 Å². The van der Waals surface area contributed by atoms with Gasteiger partial charge < -0.3 is 9.84 Å². The van der Waals surface area contributed by atoms with Crippen molar-refractivity contribution in [2.24, 2.45) is 0 Å². The molecule has 2 N–H and O–H groups in total. The zero-order valence-corrected chi connectivity index (χ0v) is 18.4. The molecule has 5 rings (SSSR count). The van der Waals surface area contributed by atoms with Gasteiger partial charge in [-0.2, -0.15) is 5.10 Å². The molecule has 1 aliphatic rings. The van der Waals surface area contributed by atoms with E-state index in [9.17, 15) is 9.50 Å². The van der Waals surface area contributed by atoms with E-state index in [1.165, 1.54) is 6.07 Å². The van der Waals surface area contributed by atoms with Crippen LogP contribution in [0.1, 0.15) is 35.3 Å². The number of aryl methyl sites for hydroxylation is 2. The minimum absolute atomic E-state index is 0.202. The summed E-state index contributed by atoms with van der Waals surface area (Å²) in [6.07, 6.45) is 4.80. The lowest BCUT2D eigenvalue weighted by Gasteiger charge is -2.10. The van der Waals surface area contributed by atoms with Crippen molar-refractivity contribution in [3.8, 4) is 16.9 Å². The van der Waals surface area contributed by atoms with Gasteiger partial charge in [0.15, 0.2) is 12.2 Å². The number of benzene rings is 1. The number of fused-ring (bicyclic) bond motifs is 2. The zero-order chi connectivity index (χ0) is 22.4. The van der Waals surface area contributed by atoms with Gasteiger partial charge >= 0.3 is 0 Å². The van der Waals surface area contributed by atoms with Crippen molar-refractivity contribution in [2.75, 3.05) is 6.61 Å². The smallest absolute Gasteiger partial charge is 0.213 e. The molecule has 8 nitrogen and oxygen atoms in total. The molecule has 0 bridgehead atoms. The number of nitrogens with one attached hydrogen (secondary N) is 1. The number of H-pyrrole nitrogens is 1. The van der Waals surface area contributed by atoms with Crippen LogP contribution in [0.2, 0.25) is 0 Å². The molecule has 3 aromatic heterocycles. The van der Waals surface area contributed by atoms with Crippen molar-refractivity contribution < 1.29 is 18.9 Å². The molecule has 4 heterocycles. The largest absolute Gasteiger partial charge is 0.493 e. The fourth-order valence-electron chi connectivity index (χ4n) is 4.64. The monoisotopic (exact) mass is 437 g/mol. The van der Waals surface area contributed by atoms with Gasteiger partial charge in [0, 0.05) is 31.5 Å². The molecule has 1 atom stereocenters. The fraction of sp³-hybridized carbons (Fsp3) is 0.391. The molecule has 166 valence electrons. The van der Waals surface area contributed by atoms with E-state index < -0.39 is 6.10 Å². The summed E-state index contributed by atoms with van der Waals surface area (Å²) in [6, 6.07) is 3.18. The molecule has 0 saturated carbocycles. The van der Waals surface area contributed by atoms with Crippen LogP contribution in [0, 0.1) is 19.7 Å². The molecule has 0 amide bonds. The lowest BCUT2D eigenvalue weighted by molar-refractivity contribution is -0.760. The van der Waals surface area contributed by atoms with Gasteiger partial charge in [0.1, 0.15) is 29.8 Å². The average molecular weight is 437 g/mol. The lowest BCUT2D eigenvalue weighted by atomic mass is 10.00. The molecule has 4 aromatic rings. The number of rotatable bonds is 6. The molecular formula is C23H26FN6O2+. The Morgan fingerprint density at radius 3 is 2.97 bits per heavy atom. The third-order valence-electron chi connectivity index (χ3n) is 6.11. The molecule has 1 aliphatic heterocycles. The first-order valence-corrected chi connectivity index (χ1v) is 10.8. The SMILES string of the molecule is Cc1[nH][n+](C[C@H](C)O)c(C)c1-c1cnc(CCc2c(F)ccc3c2CCO3)n2cnnc12. The predicted molar refractivity (Wildman–Crippen MR) is 115 cm³/mol. The van der Waals surface area contributed by atoms with Crippen LogP contribution < -0.4 is 9.42 Å². The van der Waals surface area contributed by atoms with Crippen molar-refractivity contribution >= 4 is 5.65 Å². The molecule has 32 heavy (non-hydrogen) atoms. The van der Waals surface area contributed by atoms with Crippen molar-refractivity contribution in [3.63, 3.8) is 0 Å². The number of nitrogens with zero attached hydrogens (tertiary/aromatic N) is 5. The zero-order valence-electron chi connectivity index (χ0n) is 18.4. The van der Waals surface area contributed by atoms with Gasteiger partial charge in [-0.25, -0.2) is 9.37 Å². The van der Waals surface area contributed by atoms with E-state index in [0.717, 1.165) is 46.1 Å². The van der Waals surface area contributed by atoms with Gasteiger partial charge in [0.2, 0.25) is 5.69 Å². The van der Waals surface area contributed by atoms with Crippen molar-refractivity contribution in [3.05, 3.63) is 58.8 Å². The maximum absolute atomic E-state index is 14.5. The third-order valence-corrected chi connectivity index (χ3v) is 6.11. The molecular weight excluding hydrogens is 411 g/mol. The van der Waals surface area contributed by atoms with Crippen LogP contribution in [-0.4, -0.2) is 42.5 Å². The van der Waals surface area contributed by atoms with Crippen molar-refractivity contribution in [1.29, 1.82) is 0 Å². The molecule has 0 aliphatic carbocycles. The second-order valence-corrected chi connectivity index (χ2v) is 8.37. The first-order chi connectivity index (χ1) is 15.4. The summed E-state index contributed by atoms with van der Waals surface area (Å²) in [7, 11) is 0. The van der Waals surface area contributed by atoms with Crippen LogP contribution in [0.4, 0.5) is 4.39 Å². The maximum atomic E-state index is 14.5. The second-order valence-electron chi connectivity index (χ2n) is 8.37. The number of aliphatic hydroxyl groups excluding tert-OH is 1. The Labute approximate surface area is 184 Å². The minimum Gasteiger partial charge on any atom is -0.493 e. The number of aliphatic hydroxyl groups is 1. The number of hydrogen-bond donors (Lipinski definition) is 2. The van der Waals surface area contributed by atoms with Gasteiger partial charge in [-0.1, -0.05) is 0 Å². The number of aromatic nitrogens is 6. The first-order valence-electron chi connectivity index (χ1n) is 10.8. The van der Waals surface area contributed by atoms with E-state index in [1.54, 1.807) is 19.3 Å². The third kappa shape index (κ3) is 3.42. The molecule has 0 radical (unpaired) electrons. The summed E-state index contributed by atoms with van der Waals surface area (Å²) < 4.78 is 23.9. The summed E-state index contributed by atoms with van der Waals surface area (Å²) in [5.74, 6) is 1.35. The Morgan fingerprint density at radius 2 is 2.16 bits per heavy atom. The van der Waals surface area contributed by atoms with Crippen LogP contribution >= 0.6 is 0 Å². The topological polar surface area (TPSA) is 92.2 Å². The van der Waals surface area contributed by atoms with Gasteiger partial charge in [-0.05, 0) is 38.0 Å². The standard InChI is InChI=1S/C23H25FN6O2/c1-13(31)11-30-15(3)22(14(2)28-30)18-10-25-21(29-12-26-27-23(18)29)7-4-16-17-8-9-32-20(17)6-5-19(16)24/h5-6,10,12-13,31H,4,7-9,11H2,1-3H3/p+1/t13-/m0/s1. The highest BCUT2D eigenvalue weighted by molar-refractivity contribution is 5.78. The van der Waals surface area contributed by atoms with Gasteiger partial charge in [0.05, 0.1) is 23.4 Å². The number of hydrogen-bond acceptors (Lipinski definition) is 5. The number of ether oxygens (including phenoxy) is 1. The van der Waals surface area contributed by atoms with Crippen molar-refractivity contribution in [2.45, 2.75) is 52.7 Å². The van der Waals surface area contributed by atoms with E-state index in [1.807, 2.05) is 29.1 Å². The van der Waals surface area contributed by atoms with Crippen LogP contribution in [-0.2, 0) is 25.8 Å². The molecule has 0 spiro atoms. The molecule has 0 fully saturated rings. The van der Waals surface area contributed by atoms with Gasteiger partial charge in [-0.15, -0.1) is 14.9 Å². The first kappa shape index (κ1) is 20.6. The Bertz CT molecular complexity index is 1310. The quantitative estimate of drug-likeness (QED) is 0.452. The van der Waals surface area contributed by atoms with Crippen LogP contribution in [0.3, 0.4) is 0 Å². The summed E-state index contributed by atoms with van der Waals surface area (Å²) >= 11 is 0. The van der Waals surface area contributed by atoms with E-state index in [2.05, 4.69) is 15.3 Å². The Hall–Kier alpha value is -3.33. The van der Waals surface area contributed by atoms with E-state index in [4.69, 9.17) is 9.72 Å². The highest BCUT2D eigenvalue weighted by Gasteiger charge is 2.25. The minimum atomic E-state index is -0.469. The molecule has 1 aromatic carbocycles. The summed E-state index contributed by atoms with van der Waals surface area (Å²) in [4.78, 5) is 4.70. The Balaban J connectivity index is 1.50. The Morgan fingerprint density at radius 1 is 1.31 bits per heavy atom. The Kier molecular flexibility index (Phi) is 5.13. The molecule has 9 heteroatoms. The number of aromatic amines is 1. The molecule has 0 saturated heterocycles. The lowest BCUT2D eigenvalue weighted by Crippen LogP contribution is -2.43. The second kappa shape index (κ2) is 7.98. The van der Waals surface area contributed by atoms with Crippen LogP contribution in [0.15, 0.2) is 24.7 Å². The van der Waals surface area contributed by atoms with Crippen molar-refractivity contribution in [1.82, 2.24) is 24.7 Å². The van der Waals surface area contributed by atoms with Crippen LogP contribution in [0.25, 0.3) is 16.8 Å². The van der Waals surface area contributed by atoms with Crippen LogP contribution in [0.5, 0.6) is 5.75 Å². The maximum Gasteiger partial charge on any atom is 0.213 e. The fourth-order valence-corrected chi connectivity index (χ4v) is 4.64. The highest BCUT2D eigenvalue weighted by Crippen LogP contribution is 2.31. The molecule has 0 unspecified atom stereocenters. The summed E-state index contributed by atoms with van der Waals surface area (Å²) in [6.45, 7) is 6.81. The number of halogens is 1. The highest BCUT2D eigenvalue weighted by atomic mass is 19.1. The van der Waals surface area contributed by atoms with Gasteiger partial charge in [0.25, 0.3) is 0 Å². The normalized spacial score (nSPS) is 14.0. The average Bonchev–Trinajstić information content (AvgIpc) is 3.47. The summed E-state index contributed by atoms with van der Waals surface area (Å²) in [5, 5.41) is 21.6. The predicted octanol–water partition coefficient (Wildman–Crippen LogP) is 2.26.